The van der Waals surface area contributed by atoms with Gasteiger partial charge in [-0.25, -0.2) is 0 Å². The number of imide groups is 1. The van der Waals surface area contributed by atoms with Gasteiger partial charge in [0.15, 0.2) is 0 Å². The Morgan fingerprint density at radius 3 is 2.71 bits per heavy atom. The fourth-order valence-electron chi connectivity index (χ4n) is 2.88. The first-order valence-corrected chi connectivity index (χ1v) is 7.21. The quantitative estimate of drug-likeness (QED) is 0.479. The van der Waals surface area contributed by atoms with Crippen LogP contribution in [0.4, 0.5) is 5.69 Å². The lowest BCUT2D eigenvalue weighted by Crippen LogP contribution is -2.54. The number of aliphatic imine (C=N–C) groups is 1. The monoisotopic (exact) mass is 325 g/mol. The molecule has 24 heavy (non-hydrogen) atoms. The predicted octanol–water partition coefficient (Wildman–Crippen LogP) is 0.808. The van der Waals surface area contributed by atoms with E-state index in [0.29, 0.717) is 35.4 Å². The van der Waals surface area contributed by atoms with Crippen molar-refractivity contribution in [3.63, 3.8) is 0 Å². The lowest BCUT2D eigenvalue weighted by Gasteiger charge is -2.27. The van der Waals surface area contributed by atoms with Crippen molar-refractivity contribution in [3.8, 4) is 0 Å². The average molecular weight is 325 g/mol. The molecule has 4 rings (SSSR count). The molecule has 2 amide bonds. The molecule has 9 nitrogen and oxygen atoms in total. The molecule has 2 N–H and O–H groups in total. The van der Waals surface area contributed by atoms with Crippen molar-refractivity contribution < 1.29 is 14.5 Å². The smallest absolute Gasteiger partial charge is 0.280 e. The van der Waals surface area contributed by atoms with Crippen LogP contribution < -0.4 is 10.7 Å². The van der Waals surface area contributed by atoms with Gasteiger partial charge in [0.1, 0.15) is 0 Å². The summed E-state index contributed by atoms with van der Waals surface area (Å²) in [5, 5.41) is 15.8. The van der Waals surface area contributed by atoms with Gasteiger partial charge in [-0.15, -0.1) is 0 Å². The van der Waals surface area contributed by atoms with Crippen LogP contribution in [0.25, 0.3) is 10.8 Å². The van der Waals surface area contributed by atoms with Gasteiger partial charge in [0, 0.05) is 24.1 Å². The van der Waals surface area contributed by atoms with E-state index in [4.69, 9.17) is 0 Å². The van der Waals surface area contributed by atoms with Gasteiger partial charge in [0.05, 0.1) is 22.6 Å². The molecule has 0 radical (unpaired) electrons. The summed E-state index contributed by atoms with van der Waals surface area (Å²) < 4.78 is 0. The van der Waals surface area contributed by atoms with Crippen LogP contribution in [0.1, 0.15) is 20.7 Å². The molecular formula is C15H11N5O4. The number of benzene rings is 2. The number of amides is 2. The number of carbonyl (C=O) groups excluding carboxylic acids is 2. The second-order valence-corrected chi connectivity index (χ2v) is 5.37. The standard InChI is InChI=1S/C15H11N5O4/c21-13-10-3-1-2-8-6-9(20(23)24)7-11(12(8)10)14(22)19(13)18-15-16-4-5-17-15/h1-3,6-7H,4-5H2,(H2,16,17,18). The first-order valence-electron chi connectivity index (χ1n) is 7.21. The zero-order chi connectivity index (χ0) is 16.8. The molecule has 2 aromatic carbocycles. The van der Waals surface area contributed by atoms with E-state index < -0.39 is 16.7 Å². The summed E-state index contributed by atoms with van der Waals surface area (Å²) in [6, 6.07) is 7.41. The number of carbonyl (C=O) groups is 2. The van der Waals surface area contributed by atoms with Crippen LogP contribution in [-0.2, 0) is 0 Å². The zero-order valence-corrected chi connectivity index (χ0v) is 12.3. The van der Waals surface area contributed by atoms with Gasteiger partial charge in [-0.3, -0.25) is 30.1 Å². The number of hydrogen-bond acceptors (Lipinski definition) is 7. The number of non-ortho nitro benzene ring substituents is 1. The highest BCUT2D eigenvalue weighted by molar-refractivity contribution is 6.26. The van der Waals surface area contributed by atoms with Gasteiger partial charge >= 0.3 is 0 Å². The maximum absolute atomic E-state index is 12.7. The van der Waals surface area contributed by atoms with Crippen molar-refractivity contribution in [2.75, 3.05) is 13.1 Å². The molecule has 2 aromatic rings. The summed E-state index contributed by atoms with van der Waals surface area (Å²) in [6.45, 7) is 1.15. The normalized spacial score (nSPS) is 16.2. The Balaban J connectivity index is 1.89. The van der Waals surface area contributed by atoms with Crippen LogP contribution in [0.3, 0.4) is 0 Å². The van der Waals surface area contributed by atoms with Gasteiger partial charge in [-0.2, -0.15) is 5.01 Å². The lowest BCUT2D eigenvalue weighted by atomic mass is 9.94. The van der Waals surface area contributed by atoms with E-state index in [1.807, 2.05) is 0 Å². The van der Waals surface area contributed by atoms with Crippen molar-refractivity contribution in [1.82, 2.24) is 15.8 Å². The van der Waals surface area contributed by atoms with Crippen molar-refractivity contribution >= 4 is 34.2 Å². The largest absolute Gasteiger partial charge is 0.353 e. The van der Waals surface area contributed by atoms with Crippen molar-refractivity contribution in [2.45, 2.75) is 0 Å². The van der Waals surface area contributed by atoms with E-state index in [1.165, 1.54) is 12.1 Å². The van der Waals surface area contributed by atoms with E-state index in [-0.39, 0.29) is 11.3 Å². The van der Waals surface area contributed by atoms with Crippen LogP contribution in [0.2, 0.25) is 0 Å². The first-order chi connectivity index (χ1) is 11.6. The maximum atomic E-state index is 12.7. The van der Waals surface area contributed by atoms with Gasteiger partial charge in [0.2, 0.25) is 5.96 Å². The molecule has 0 unspecified atom stereocenters. The van der Waals surface area contributed by atoms with E-state index in [1.54, 1.807) is 18.2 Å². The van der Waals surface area contributed by atoms with Crippen molar-refractivity contribution in [2.24, 2.45) is 4.99 Å². The number of hydrazine groups is 1. The fourth-order valence-corrected chi connectivity index (χ4v) is 2.88. The summed E-state index contributed by atoms with van der Waals surface area (Å²) >= 11 is 0. The lowest BCUT2D eigenvalue weighted by molar-refractivity contribution is -0.384. The Labute approximate surface area is 135 Å². The van der Waals surface area contributed by atoms with Crippen LogP contribution in [0.5, 0.6) is 0 Å². The predicted molar refractivity (Wildman–Crippen MR) is 84.5 cm³/mol. The minimum Gasteiger partial charge on any atom is -0.353 e. The van der Waals surface area contributed by atoms with E-state index >= 15 is 0 Å². The SMILES string of the molecule is O=C1c2cccc3cc([N+](=O)[O-])cc(c23)C(=O)N1NC1=NCCN1. The molecule has 0 atom stereocenters. The van der Waals surface area contributed by atoms with Crippen LogP contribution in [0, 0.1) is 10.1 Å². The molecule has 2 heterocycles. The topological polar surface area (TPSA) is 117 Å². The van der Waals surface area contributed by atoms with Crippen molar-refractivity contribution in [1.29, 1.82) is 0 Å². The Morgan fingerprint density at radius 1 is 1.21 bits per heavy atom. The minimum atomic E-state index is -0.649. The van der Waals surface area contributed by atoms with E-state index in [2.05, 4.69) is 15.7 Å². The highest BCUT2D eigenvalue weighted by Gasteiger charge is 2.35. The number of nitro groups is 1. The highest BCUT2D eigenvalue weighted by atomic mass is 16.6. The van der Waals surface area contributed by atoms with Crippen LogP contribution in [-0.4, -0.2) is 40.8 Å². The summed E-state index contributed by atoms with van der Waals surface area (Å²) in [5.74, 6) is -0.857. The molecule has 0 aromatic heterocycles. The molecule has 2 aliphatic heterocycles. The van der Waals surface area contributed by atoms with E-state index in [9.17, 15) is 19.7 Å². The fraction of sp³-hybridized carbons (Fsp3) is 0.133. The Kier molecular flexibility index (Phi) is 2.95. The Morgan fingerprint density at radius 2 is 2.00 bits per heavy atom. The molecule has 120 valence electrons. The third-order valence-electron chi connectivity index (χ3n) is 3.93. The molecule has 0 saturated heterocycles. The molecule has 0 fully saturated rings. The van der Waals surface area contributed by atoms with Crippen LogP contribution in [0.15, 0.2) is 35.3 Å². The van der Waals surface area contributed by atoms with Gasteiger partial charge in [-0.1, -0.05) is 12.1 Å². The number of nitrogens with zero attached hydrogens (tertiary/aromatic N) is 3. The second-order valence-electron chi connectivity index (χ2n) is 5.37. The van der Waals surface area contributed by atoms with Gasteiger partial charge in [0.25, 0.3) is 17.5 Å². The van der Waals surface area contributed by atoms with Crippen LogP contribution >= 0.6 is 0 Å². The number of guanidine groups is 1. The summed E-state index contributed by atoms with van der Waals surface area (Å²) in [5.41, 5.74) is 2.87. The van der Waals surface area contributed by atoms with Gasteiger partial charge in [-0.05, 0) is 11.5 Å². The molecule has 0 spiro atoms. The first kappa shape index (κ1) is 14.1. The average Bonchev–Trinajstić information content (AvgIpc) is 3.09. The van der Waals surface area contributed by atoms with Gasteiger partial charge < -0.3 is 5.32 Å². The number of hydrogen-bond donors (Lipinski definition) is 2. The summed E-state index contributed by atoms with van der Waals surface area (Å²) in [4.78, 5) is 40.0. The highest BCUT2D eigenvalue weighted by Crippen LogP contribution is 2.32. The van der Waals surface area contributed by atoms with E-state index in [0.717, 1.165) is 5.01 Å². The molecule has 9 heteroatoms. The third-order valence-corrected chi connectivity index (χ3v) is 3.93. The molecule has 0 aliphatic carbocycles. The number of nitro benzene ring substituents is 1. The molecule has 0 bridgehead atoms. The summed E-state index contributed by atoms with van der Waals surface area (Å²) in [6.07, 6.45) is 0. The molecule has 2 aliphatic rings. The number of rotatable bonds is 2. The Bertz CT molecular complexity index is 952. The zero-order valence-electron chi connectivity index (χ0n) is 12.3. The summed E-state index contributed by atoms with van der Waals surface area (Å²) in [7, 11) is 0. The Hall–Kier alpha value is -3.49. The number of nitrogens with one attached hydrogen (secondary N) is 2. The second kappa shape index (κ2) is 5.01. The molecule has 0 saturated carbocycles. The molecular weight excluding hydrogens is 314 g/mol. The van der Waals surface area contributed by atoms with Crippen molar-refractivity contribution in [3.05, 3.63) is 51.6 Å². The minimum absolute atomic E-state index is 0.112. The third kappa shape index (κ3) is 1.98. The maximum Gasteiger partial charge on any atom is 0.280 e.